The van der Waals surface area contributed by atoms with Crippen molar-refractivity contribution in [3.63, 3.8) is 0 Å². The van der Waals surface area contributed by atoms with Gasteiger partial charge in [-0.05, 0) is 69.3 Å². The van der Waals surface area contributed by atoms with Gasteiger partial charge in [0, 0.05) is 33.1 Å². The summed E-state index contributed by atoms with van der Waals surface area (Å²) >= 11 is 0. The van der Waals surface area contributed by atoms with Crippen LogP contribution >= 0.6 is 0 Å². The zero-order valence-corrected chi connectivity index (χ0v) is 17.1. The summed E-state index contributed by atoms with van der Waals surface area (Å²) in [7, 11) is 1.86. The Morgan fingerprint density at radius 2 is 2.04 bits per heavy atom. The lowest BCUT2D eigenvalue weighted by Gasteiger charge is -2.35. The highest BCUT2D eigenvalue weighted by molar-refractivity contribution is 5.88. The fourth-order valence-electron chi connectivity index (χ4n) is 4.38. The molecule has 1 atom stereocenters. The highest BCUT2D eigenvalue weighted by atomic mass is 19.1. The minimum Gasteiger partial charge on any atom is -0.344 e. The van der Waals surface area contributed by atoms with Crippen LogP contribution in [0.3, 0.4) is 0 Å². The Bertz CT molecular complexity index is 688. The van der Waals surface area contributed by atoms with Crippen molar-refractivity contribution in [2.45, 2.75) is 45.1 Å². The maximum absolute atomic E-state index is 13.3. The van der Waals surface area contributed by atoms with E-state index in [1.807, 2.05) is 24.9 Å². The van der Waals surface area contributed by atoms with E-state index in [4.69, 9.17) is 0 Å². The minimum absolute atomic E-state index is 0.0452. The Morgan fingerprint density at radius 1 is 1.29 bits per heavy atom. The van der Waals surface area contributed by atoms with E-state index in [0.29, 0.717) is 18.9 Å². The summed E-state index contributed by atoms with van der Waals surface area (Å²) in [4.78, 5) is 30.5. The van der Waals surface area contributed by atoms with E-state index in [1.165, 1.54) is 6.07 Å². The van der Waals surface area contributed by atoms with Gasteiger partial charge in [-0.25, -0.2) is 4.39 Å². The molecule has 0 bridgehead atoms. The maximum atomic E-state index is 13.3. The number of rotatable bonds is 7. The number of carbonyl (C=O) groups is 2. The monoisotopic (exact) mass is 389 g/mol. The quantitative estimate of drug-likeness (QED) is 0.720. The summed E-state index contributed by atoms with van der Waals surface area (Å²) in [6.07, 6.45) is 4.42. The summed E-state index contributed by atoms with van der Waals surface area (Å²) < 4.78 is 13.3. The fourth-order valence-corrected chi connectivity index (χ4v) is 4.38. The fraction of sp³-hybridized carbons (Fsp3) is 0.636. The summed E-state index contributed by atoms with van der Waals surface area (Å²) in [6, 6.07) is 6.47. The molecule has 2 amide bonds. The van der Waals surface area contributed by atoms with Crippen LogP contribution in [0.15, 0.2) is 24.3 Å². The number of benzene rings is 1. The molecule has 0 aliphatic carbocycles. The molecule has 0 aromatic heterocycles. The van der Waals surface area contributed by atoms with Gasteiger partial charge in [-0.1, -0.05) is 12.1 Å². The normalized spacial score (nSPS) is 19.8. The second-order valence-corrected chi connectivity index (χ2v) is 8.25. The molecular weight excluding hydrogens is 357 g/mol. The first-order valence-electron chi connectivity index (χ1n) is 10.5. The lowest BCUT2D eigenvalue weighted by Crippen LogP contribution is -2.48. The minimum atomic E-state index is -0.355. The van der Waals surface area contributed by atoms with Gasteiger partial charge in [-0.15, -0.1) is 0 Å². The van der Waals surface area contributed by atoms with Gasteiger partial charge in [-0.3, -0.25) is 9.59 Å². The lowest BCUT2D eigenvalue weighted by atomic mass is 9.95. The molecule has 2 fully saturated rings. The predicted molar refractivity (Wildman–Crippen MR) is 107 cm³/mol. The molecule has 5 nitrogen and oxygen atoms in total. The number of likely N-dealkylation sites (tertiary alicyclic amines) is 2. The van der Waals surface area contributed by atoms with Crippen LogP contribution in [-0.2, 0) is 16.0 Å². The third-order valence-corrected chi connectivity index (χ3v) is 6.16. The van der Waals surface area contributed by atoms with Crippen molar-refractivity contribution < 1.29 is 14.0 Å². The van der Waals surface area contributed by atoms with E-state index in [-0.39, 0.29) is 23.7 Å². The molecule has 3 rings (SSSR count). The van der Waals surface area contributed by atoms with Gasteiger partial charge in [0.2, 0.25) is 11.8 Å². The van der Waals surface area contributed by atoms with E-state index in [1.54, 1.807) is 17.0 Å². The van der Waals surface area contributed by atoms with Crippen molar-refractivity contribution in [2.24, 2.45) is 5.92 Å². The standard InChI is InChI=1S/C22H32FN3O2/c1-17(26-11-4-7-21(26)27)22(28)24(2)16-19-9-13-25(14-10-19)12-8-18-5-3-6-20(23)15-18/h3,5-6,15,17,19H,4,7-14,16H2,1-2H3. The SMILES string of the molecule is CC(C(=O)N(C)CC1CCN(CCc2cccc(F)c2)CC1)N1CCCC1=O. The molecule has 1 unspecified atom stereocenters. The Hall–Kier alpha value is -1.95. The molecular formula is C22H32FN3O2. The van der Waals surface area contributed by atoms with Gasteiger partial charge in [0.1, 0.15) is 11.9 Å². The van der Waals surface area contributed by atoms with Crippen molar-refractivity contribution in [3.05, 3.63) is 35.6 Å². The summed E-state index contributed by atoms with van der Waals surface area (Å²) in [6.45, 7) is 6.27. The molecule has 0 spiro atoms. The van der Waals surface area contributed by atoms with E-state index in [0.717, 1.165) is 57.4 Å². The average molecular weight is 390 g/mol. The molecule has 2 aliphatic rings. The zero-order chi connectivity index (χ0) is 20.1. The van der Waals surface area contributed by atoms with Crippen molar-refractivity contribution in [3.8, 4) is 0 Å². The molecule has 0 N–H and O–H groups in total. The smallest absolute Gasteiger partial charge is 0.244 e. The first kappa shape index (κ1) is 20.8. The average Bonchev–Trinajstić information content (AvgIpc) is 3.12. The second-order valence-electron chi connectivity index (χ2n) is 8.25. The summed E-state index contributed by atoms with van der Waals surface area (Å²) in [5.74, 6) is 0.472. The number of nitrogens with zero attached hydrogens (tertiary/aromatic N) is 3. The predicted octanol–water partition coefficient (Wildman–Crippen LogP) is 2.55. The summed E-state index contributed by atoms with van der Waals surface area (Å²) in [5, 5.41) is 0. The lowest BCUT2D eigenvalue weighted by molar-refractivity contribution is -0.142. The number of carbonyl (C=O) groups excluding carboxylic acids is 2. The Morgan fingerprint density at radius 3 is 2.68 bits per heavy atom. The van der Waals surface area contributed by atoms with Gasteiger partial charge in [0.15, 0.2) is 0 Å². The van der Waals surface area contributed by atoms with Gasteiger partial charge in [-0.2, -0.15) is 0 Å². The van der Waals surface area contributed by atoms with Crippen molar-refractivity contribution >= 4 is 11.8 Å². The van der Waals surface area contributed by atoms with Gasteiger partial charge < -0.3 is 14.7 Å². The van der Waals surface area contributed by atoms with Gasteiger partial charge in [0.25, 0.3) is 0 Å². The largest absolute Gasteiger partial charge is 0.344 e. The highest BCUT2D eigenvalue weighted by Crippen LogP contribution is 2.20. The maximum Gasteiger partial charge on any atom is 0.244 e. The van der Waals surface area contributed by atoms with Gasteiger partial charge >= 0.3 is 0 Å². The highest BCUT2D eigenvalue weighted by Gasteiger charge is 2.32. The first-order valence-corrected chi connectivity index (χ1v) is 10.5. The molecule has 6 heteroatoms. The molecule has 0 saturated carbocycles. The van der Waals surface area contributed by atoms with Gasteiger partial charge in [0.05, 0.1) is 0 Å². The number of amides is 2. The van der Waals surface area contributed by atoms with Crippen LogP contribution in [0.5, 0.6) is 0 Å². The van der Waals surface area contributed by atoms with E-state index in [2.05, 4.69) is 4.90 Å². The summed E-state index contributed by atoms with van der Waals surface area (Å²) in [5.41, 5.74) is 1.04. The molecule has 1 aromatic carbocycles. The van der Waals surface area contributed by atoms with Crippen molar-refractivity contribution in [1.82, 2.24) is 14.7 Å². The van der Waals surface area contributed by atoms with E-state index >= 15 is 0 Å². The third-order valence-electron chi connectivity index (χ3n) is 6.16. The Labute approximate surface area is 167 Å². The topological polar surface area (TPSA) is 43.9 Å². The Balaban J connectivity index is 1.39. The van der Waals surface area contributed by atoms with Crippen molar-refractivity contribution in [1.29, 1.82) is 0 Å². The molecule has 2 saturated heterocycles. The zero-order valence-electron chi connectivity index (χ0n) is 17.1. The van der Waals surface area contributed by atoms with Crippen LogP contribution < -0.4 is 0 Å². The molecule has 28 heavy (non-hydrogen) atoms. The second kappa shape index (κ2) is 9.50. The van der Waals surface area contributed by atoms with E-state index in [9.17, 15) is 14.0 Å². The molecule has 1 aromatic rings. The number of halogens is 1. The Kier molecular flexibility index (Phi) is 7.05. The number of piperidine rings is 1. The first-order chi connectivity index (χ1) is 13.4. The van der Waals surface area contributed by atoms with Crippen LogP contribution in [0.4, 0.5) is 4.39 Å². The number of hydrogen-bond donors (Lipinski definition) is 0. The van der Waals surface area contributed by atoms with Crippen LogP contribution in [0.2, 0.25) is 0 Å². The van der Waals surface area contributed by atoms with Crippen LogP contribution in [0.1, 0.15) is 38.2 Å². The molecule has 0 radical (unpaired) electrons. The third kappa shape index (κ3) is 5.31. The number of likely N-dealkylation sites (N-methyl/N-ethyl adjacent to an activating group) is 1. The molecule has 2 heterocycles. The number of hydrogen-bond acceptors (Lipinski definition) is 3. The van der Waals surface area contributed by atoms with Crippen molar-refractivity contribution in [2.75, 3.05) is 39.8 Å². The van der Waals surface area contributed by atoms with Crippen LogP contribution in [-0.4, -0.2) is 72.3 Å². The van der Waals surface area contributed by atoms with E-state index < -0.39 is 0 Å². The van der Waals surface area contributed by atoms with Crippen LogP contribution in [0.25, 0.3) is 0 Å². The molecule has 154 valence electrons. The van der Waals surface area contributed by atoms with Crippen LogP contribution in [0, 0.1) is 11.7 Å². The molecule has 2 aliphatic heterocycles.